The van der Waals surface area contributed by atoms with Crippen LogP contribution in [-0.4, -0.2) is 18.0 Å². The van der Waals surface area contributed by atoms with Crippen molar-refractivity contribution in [1.82, 2.24) is 0 Å². The maximum absolute atomic E-state index is 12.0. The zero-order chi connectivity index (χ0) is 16.8. The minimum Gasteiger partial charge on any atom is -0.452 e. The topological polar surface area (TPSA) is 55.4 Å². The molecule has 0 unspecified atom stereocenters. The molecule has 2 aromatic rings. The van der Waals surface area contributed by atoms with Crippen LogP contribution in [0.15, 0.2) is 48.5 Å². The van der Waals surface area contributed by atoms with Crippen molar-refractivity contribution in [2.24, 2.45) is 0 Å². The van der Waals surface area contributed by atoms with Crippen LogP contribution in [0, 0.1) is 6.92 Å². The van der Waals surface area contributed by atoms with Gasteiger partial charge in [0.2, 0.25) is 0 Å². The zero-order valence-corrected chi connectivity index (χ0v) is 13.8. The molecule has 0 fully saturated rings. The van der Waals surface area contributed by atoms with Crippen molar-refractivity contribution in [1.29, 1.82) is 0 Å². The molecule has 0 aliphatic heterocycles. The van der Waals surface area contributed by atoms with Crippen molar-refractivity contribution in [3.8, 4) is 0 Å². The molecule has 0 aliphatic rings. The summed E-state index contributed by atoms with van der Waals surface area (Å²) in [7, 11) is 0. The summed E-state index contributed by atoms with van der Waals surface area (Å²) in [5, 5.41) is 3.32. The number of esters is 1. The number of benzene rings is 2. The number of nitrogens with one attached hydrogen (secondary N) is 1. The maximum atomic E-state index is 12.0. The number of aryl methyl sites for hydroxylation is 1. The normalized spacial score (nSPS) is 11.6. The Hall–Kier alpha value is -2.33. The summed E-state index contributed by atoms with van der Waals surface area (Å²) >= 11 is 5.79. The number of hydrogen-bond acceptors (Lipinski definition) is 3. The fourth-order valence-corrected chi connectivity index (χ4v) is 2.07. The van der Waals surface area contributed by atoms with E-state index in [9.17, 15) is 9.59 Å². The van der Waals surface area contributed by atoms with E-state index in [1.165, 1.54) is 0 Å². The van der Waals surface area contributed by atoms with Crippen LogP contribution >= 0.6 is 11.6 Å². The fourth-order valence-electron chi connectivity index (χ4n) is 1.94. The van der Waals surface area contributed by atoms with E-state index in [1.54, 1.807) is 43.3 Å². The molecule has 1 atom stereocenters. The Morgan fingerprint density at radius 2 is 1.70 bits per heavy atom. The van der Waals surface area contributed by atoms with Crippen LogP contribution in [-0.2, 0) is 20.7 Å². The number of amides is 1. The standard InChI is InChI=1S/C18H18ClNO3/c1-12-3-9-16(10-4-12)20-18(22)13(2)23-17(21)11-14-5-7-15(19)8-6-14/h3-10,13H,11H2,1-2H3,(H,20,22)/t13-/m1/s1. The first-order valence-electron chi connectivity index (χ1n) is 7.25. The summed E-state index contributed by atoms with van der Waals surface area (Å²) in [5.74, 6) is -0.822. The molecular formula is C18H18ClNO3. The first-order valence-corrected chi connectivity index (χ1v) is 7.63. The van der Waals surface area contributed by atoms with E-state index in [-0.39, 0.29) is 12.3 Å². The second kappa shape index (κ2) is 7.79. The highest BCUT2D eigenvalue weighted by Gasteiger charge is 2.18. The predicted octanol–water partition coefficient (Wildman–Crippen LogP) is 3.76. The average molecular weight is 332 g/mol. The first kappa shape index (κ1) is 17.0. The van der Waals surface area contributed by atoms with Crippen LogP contribution in [0.5, 0.6) is 0 Å². The summed E-state index contributed by atoms with van der Waals surface area (Å²) in [6, 6.07) is 14.3. The van der Waals surface area contributed by atoms with Gasteiger partial charge < -0.3 is 10.1 Å². The van der Waals surface area contributed by atoms with Gasteiger partial charge in [0, 0.05) is 10.7 Å². The fraction of sp³-hybridized carbons (Fsp3) is 0.222. The molecule has 4 nitrogen and oxygen atoms in total. The molecule has 120 valence electrons. The van der Waals surface area contributed by atoms with Crippen LogP contribution in [0.1, 0.15) is 18.1 Å². The lowest BCUT2D eigenvalue weighted by atomic mass is 10.1. The van der Waals surface area contributed by atoms with E-state index in [0.29, 0.717) is 10.7 Å². The summed E-state index contributed by atoms with van der Waals surface area (Å²) in [6.07, 6.45) is -0.768. The third kappa shape index (κ3) is 5.42. The van der Waals surface area contributed by atoms with Crippen molar-refractivity contribution in [2.45, 2.75) is 26.4 Å². The highest BCUT2D eigenvalue weighted by atomic mass is 35.5. The Morgan fingerprint density at radius 1 is 1.09 bits per heavy atom. The molecule has 0 radical (unpaired) electrons. The number of halogens is 1. The van der Waals surface area contributed by atoms with E-state index in [0.717, 1.165) is 11.1 Å². The lowest BCUT2D eigenvalue weighted by molar-refractivity contribution is -0.152. The van der Waals surface area contributed by atoms with Crippen LogP contribution in [0.3, 0.4) is 0 Å². The molecule has 2 rings (SSSR count). The number of rotatable bonds is 5. The molecule has 0 spiro atoms. The van der Waals surface area contributed by atoms with E-state index in [2.05, 4.69) is 5.32 Å². The minimum atomic E-state index is -0.865. The van der Waals surface area contributed by atoms with Gasteiger partial charge in [-0.3, -0.25) is 9.59 Å². The molecule has 0 aromatic heterocycles. The van der Waals surface area contributed by atoms with Gasteiger partial charge in [-0.15, -0.1) is 0 Å². The average Bonchev–Trinajstić information content (AvgIpc) is 2.51. The lowest BCUT2D eigenvalue weighted by Crippen LogP contribution is -2.30. The number of carbonyl (C=O) groups excluding carboxylic acids is 2. The van der Waals surface area contributed by atoms with Crippen LogP contribution in [0.4, 0.5) is 5.69 Å². The van der Waals surface area contributed by atoms with Gasteiger partial charge in [-0.25, -0.2) is 0 Å². The van der Waals surface area contributed by atoms with Crippen LogP contribution in [0.25, 0.3) is 0 Å². The third-order valence-corrected chi connectivity index (χ3v) is 3.51. The third-order valence-electron chi connectivity index (χ3n) is 3.26. The highest BCUT2D eigenvalue weighted by molar-refractivity contribution is 6.30. The van der Waals surface area contributed by atoms with Crippen LogP contribution < -0.4 is 5.32 Å². The first-order chi connectivity index (χ1) is 10.9. The summed E-state index contributed by atoms with van der Waals surface area (Å²) < 4.78 is 5.16. The molecular weight excluding hydrogens is 314 g/mol. The van der Waals surface area contributed by atoms with Crippen molar-refractivity contribution < 1.29 is 14.3 Å². The lowest BCUT2D eigenvalue weighted by Gasteiger charge is -2.13. The largest absolute Gasteiger partial charge is 0.452 e. The Kier molecular flexibility index (Phi) is 5.77. The van der Waals surface area contributed by atoms with Crippen molar-refractivity contribution >= 4 is 29.2 Å². The van der Waals surface area contributed by atoms with Gasteiger partial charge in [-0.2, -0.15) is 0 Å². The van der Waals surface area contributed by atoms with Gasteiger partial charge >= 0.3 is 5.97 Å². The number of carbonyl (C=O) groups is 2. The number of anilines is 1. The molecule has 0 heterocycles. The second-order valence-electron chi connectivity index (χ2n) is 5.29. The Balaban J connectivity index is 1.86. The van der Waals surface area contributed by atoms with Crippen molar-refractivity contribution in [3.63, 3.8) is 0 Å². The summed E-state index contributed by atoms with van der Waals surface area (Å²) in [5.41, 5.74) is 2.55. The maximum Gasteiger partial charge on any atom is 0.311 e. The molecule has 0 bridgehead atoms. The van der Waals surface area contributed by atoms with E-state index in [1.807, 2.05) is 19.1 Å². The zero-order valence-electron chi connectivity index (χ0n) is 13.0. The quantitative estimate of drug-likeness (QED) is 0.849. The van der Waals surface area contributed by atoms with Gasteiger partial charge in [-0.05, 0) is 43.7 Å². The van der Waals surface area contributed by atoms with E-state index in [4.69, 9.17) is 16.3 Å². The molecule has 2 aromatic carbocycles. The van der Waals surface area contributed by atoms with Gasteiger partial charge in [0.1, 0.15) is 0 Å². The molecule has 0 aliphatic carbocycles. The SMILES string of the molecule is Cc1ccc(NC(=O)[C@@H](C)OC(=O)Cc2ccc(Cl)cc2)cc1. The van der Waals surface area contributed by atoms with Crippen molar-refractivity contribution in [2.75, 3.05) is 5.32 Å². The summed E-state index contributed by atoms with van der Waals surface area (Å²) in [6.45, 7) is 3.51. The minimum absolute atomic E-state index is 0.0965. The molecule has 5 heteroatoms. The van der Waals surface area contributed by atoms with Gasteiger partial charge in [0.15, 0.2) is 6.10 Å². The highest BCUT2D eigenvalue weighted by Crippen LogP contribution is 2.12. The molecule has 1 amide bonds. The molecule has 0 saturated carbocycles. The Morgan fingerprint density at radius 3 is 2.30 bits per heavy atom. The molecule has 0 saturated heterocycles. The van der Waals surface area contributed by atoms with Gasteiger partial charge in [0.25, 0.3) is 5.91 Å². The smallest absolute Gasteiger partial charge is 0.311 e. The Labute approximate surface area is 140 Å². The Bertz CT molecular complexity index is 680. The molecule has 1 N–H and O–H groups in total. The molecule has 23 heavy (non-hydrogen) atoms. The van der Waals surface area contributed by atoms with E-state index < -0.39 is 12.1 Å². The van der Waals surface area contributed by atoms with Crippen molar-refractivity contribution in [3.05, 3.63) is 64.7 Å². The second-order valence-corrected chi connectivity index (χ2v) is 5.73. The number of ether oxygens (including phenoxy) is 1. The van der Waals surface area contributed by atoms with Crippen LogP contribution in [0.2, 0.25) is 5.02 Å². The van der Waals surface area contributed by atoms with Gasteiger partial charge in [-0.1, -0.05) is 41.4 Å². The van der Waals surface area contributed by atoms with Gasteiger partial charge in [0.05, 0.1) is 6.42 Å². The van der Waals surface area contributed by atoms with E-state index >= 15 is 0 Å². The number of hydrogen-bond donors (Lipinski definition) is 1. The summed E-state index contributed by atoms with van der Waals surface area (Å²) in [4.78, 5) is 23.9. The monoisotopic (exact) mass is 331 g/mol. The predicted molar refractivity (Wildman–Crippen MR) is 90.5 cm³/mol.